The molecule has 0 spiro atoms. The van der Waals surface area contributed by atoms with E-state index in [9.17, 15) is 0 Å². The van der Waals surface area contributed by atoms with Gasteiger partial charge in [-0.3, -0.25) is 0 Å². The molecule has 0 heterocycles. The van der Waals surface area contributed by atoms with E-state index in [1.54, 1.807) is 0 Å². The lowest BCUT2D eigenvalue weighted by molar-refractivity contribution is -0.891. The Morgan fingerprint density at radius 3 is 0.525 bits per heavy atom. The molecule has 0 N–H and O–H groups in total. The molecule has 0 unspecified atom stereocenters. The molecule has 0 radical (unpaired) electrons. The molecule has 0 atom stereocenters. The Morgan fingerprint density at radius 2 is 0.344 bits per heavy atom. The lowest BCUT2D eigenvalue weighted by Gasteiger charge is -2.34. The minimum Gasteiger partial charge on any atom is -0.328 e. The van der Waals surface area contributed by atoms with Crippen LogP contribution in [0, 0.1) is 0 Å². The molecule has 0 aromatic heterocycles. The van der Waals surface area contributed by atoms with Gasteiger partial charge in [-0.2, -0.15) is 0 Å². The smallest absolute Gasteiger partial charge is 0.0794 e. The molecule has 0 aliphatic rings. The van der Waals surface area contributed by atoms with Gasteiger partial charge in [0.1, 0.15) is 0 Å². The van der Waals surface area contributed by atoms with Crippen LogP contribution in [0.5, 0.6) is 0 Å². The number of rotatable bonds is 51. The second kappa shape index (κ2) is 43.7. The van der Waals surface area contributed by atoms with Crippen LogP contribution in [0.15, 0.2) is 0 Å². The summed E-state index contributed by atoms with van der Waals surface area (Å²) in [6.07, 6.45) is 56.1. The van der Waals surface area contributed by atoms with Crippen LogP contribution < -0.4 is 0 Å². The van der Waals surface area contributed by atoms with Crippen LogP contribution in [0.4, 0.5) is 0 Å². The van der Waals surface area contributed by atoms with Crippen LogP contribution in [0.1, 0.15) is 271 Å². The van der Waals surface area contributed by atoms with Crippen molar-refractivity contribution in [2.45, 2.75) is 271 Å². The molecular weight excluding hydrogens is 741 g/mol. The molecule has 0 bridgehead atoms. The quantitative estimate of drug-likeness (QED) is 0.0435. The molecule has 0 amide bonds. The number of hydrogen-bond acceptors (Lipinski definition) is 1. The van der Waals surface area contributed by atoms with Crippen molar-refractivity contribution in [1.29, 1.82) is 0 Å². The Kier molecular flexibility index (Phi) is 43.6. The number of nitrogens with zero attached hydrogens (tertiary/aromatic N) is 4. The highest BCUT2D eigenvalue weighted by atomic mass is 15.3. The Hall–Kier alpha value is -0.160. The fourth-order valence-corrected chi connectivity index (χ4v) is 9.98. The zero-order valence-corrected chi connectivity index (χ0v) is 44.7. The van der Waals surface area contributed by atoms with Gasteiger partial charge in [0.15, 0.2) is 0 Å². The van der Waals surface area contributed by atoms with Crippen molar-refractivity contribution < 1.29 is 13.4 Å². The van der Waals surface area contributed by atoms with Gasteiger partial charge in [0.2, 0.25) is 0 Å². The van der Waals surface area contributed by atoms with E-state index in [1.165, 1.54) is 323 Å². The summed E-state index contributed by atoms with van der Waals surface area (Å²) in [6.45, 7) is 18.9. The lowest BCUT2D eigenvalue weighted by Crippen LogP contribution is -2.45. The summed E-state index contributed by atoms with van der Waals surface area (Å²) in [5.41, 5.74) is 0. The van der Waals surface area contributed by atoms with Crippen molar-refractivity contribution in [2.75, 3.05) is 101 Å². The molecule has 0 aromatic carbocycles. The second-order valence-electron chi connectivity index (χ2n) is 22.7. The SMILES string of the molecule is CCCCCCCCCCCCCC[N+](C)(C)CCCN(CCC[N+](C)(C)CCCCCCCCCCCCCC)CCC[N+](C)(C)CCCCCCCCCCCCCC. The predicted molar refractivity (Wildman–Crippen MR) is 279 cm³/mol. The summed E-state index contributed by atoms with van der Waals surface area (Å²) in [7, 11) is 15.0. The molecule has 4 nitrogen and oxygen atoms in total. The van der Waals surface area contributed by atoms with Gasteiger partial charge in [-0.05, 0) is 38.5 Å². The molecule has 0 saturated carbocycles. The van der Waals surface area contributed by atoms with Crippen molar-refractivity contribution in [3.05, 3.63) is 0 Å². The van der Waals surface area contributed by atoms with Crippen molar-refractivity contribution >= 4 is 0 Å². The third kappa shape index (κ3) is 46.2. The summed E-state index contributed by atoms with van der Waals surface area (Å²) in [5.74, 6) is 0. The first-order valence-electron chi connectivity index (χ1n) is 28.7. The summed E-state index contributed by atoms with van der Waals surface area (Å²) in [5, 5.41) is 0. The van der Waals surface area contributed by atoms with E-state index < -0.39 is 0 Å². The topological polar surface area (TPSA) is 3.24 Å². The highest BCUT2D eigenvalue weighted by molar-refractivity contribution is 4.60. The summed E-state index contributed by atoms with van der Waals surface area (Å²) >= 11 is 0. The molecule has 4 heteroatoms. The Labute approximate surface area is 389 Å². The molecular formula is C57H123N4+3. The first-order chi connectivity index (χ1) is 29.5. The molecule has 0 fully saturated rings. The van der Waals surface area contributed by atoms with Gasteiger partial charge in [-0.1, -0.05) is 213 Å². The van der Waals surface area contributed by atoms with E-state index in [-0.39, 0.29) is 0 Å². The maximum absolute atomic E-state index is 2.89. The highest BCUT2D eigenvalue weighted by Gasteiger charge is 2.20. The minimum atomic E-state index is 1.21. The molecule has 0 aromatic rings. The molecule has 0 saturated heterocycles. The minimum absolute atomic E-state index is 1.21. The fourth-order valence-electron chi connectivity index (χ4n) is 9.98. The van der Waals surface area contributed by atoms with Gasteiger partial charge in [0.05, 0.1) is 81.6 Å². The monoisotopic (exact) mass is 864 g/mol. The predicted octanol–water partition coefficient (Wildman–Crippen LogP) is 16.8. The normalized spacial score (nSPS) is 12.7. The van der Waals surface area contributed by atoms with E-state index in [0.717, 1.165) is 0 Å². The molecule has 61 heavy (non-hydrogen) atoms. The molecule has 0 aliphatic heterocycles. The lowest BCUT2D eigenvalue weighted by atomic mass is 10.1. The fraction of sp³-hybridized carbons (Fsp3) is 1.00. The summed E-state index contributed by atoms with van der Waals surface area (Å²) in [4.78, 5) is 2.89. The third-order valence-corrected chi connectivity index (χ3v) is 14.6. The Morgan fingerprint density at radius 1 is 0.197 bits per heavy atom. The largest absolute Gasteiger partial charge is 0.328 e. The average Bonchev–Trinajstić information content (AvgIpc) is 3.21. The van der Waals surface area contributed by atoms with Gasteiger partial charge >= 0.3 is 0 Å². The summed E-state index contributed by atoms with van der Waals surface area (Å²) in [6, 6.07) is 0. The standard InChI is InChI=1S/C57H123N4/c1-10-13-16-19-22-25-28-31-34-37-40-43-52-59(4,5)55-46-49-58(50-47-56-60(6,7)53-44-41-38-35-32-29-26-23-20-17-14-11-2)51-48-57-61(8,9)54-45-42-39-36-33-30-27-24-21-18-15-12-3/h10-57H2,1-9H3/q+3. The van der Waals surface area contributed by atoms with Crippen molar-refractivity contribution in [3.63, 3.8) is 0 Å². The Balaban J connectivity index is 4.59. The van der Waals surface area contributed by atoms with Crippen molar-refractivity contribution in [3.8, 4) is 0 Å². The molecule has 0 rings (SSSR count). The highest BCUT2D eigenvalue weighted by Crippen LogP contribution is 2.17. The number of quaternary nitrogens is 3. The zero-order valence-electron chi connectivity index (χ0n) is 44.7. The third-order valence-electron chi connectivity index (χ3n) is 14.6. The second-order valence-corrected chi connectivity index (χ2v) is 22.7. The van der Waals surface area contributed by atoms with E-state index in [0.29, 0.717) is 0 Å². The average molecular weight is 865 g/mol. The van der Waals surface area contributed by atoms with Crippen molar-refractivity contribution in [1.82, 2.24) is 4.90 Å². The van der Waals surface area contributed by atoms with E-state index in [1.807, 2.05) is 0 Å². The van der Waals surface area contributed by atoms with E-state index in [4.69, 9.17) is 0 Å². The van der Waals surface area contributed by atoms with Crippen LogP contribution in [0.3, 0.4) is 0 Å². The maximum atomic E-state index is 2.89. The van der Waals surface area contributed by atoms with Crippen LogP contribution in [0.25, 0.3) is 0 Å². The van der Waals surface area contributed by atoms with Gasteiger partial charge in [-0.25, -0.2) is 0 Å². The van der Waals surface area contributed by atoms with E-state index >= 15 is 0 Å². The van der Waals surface area contributed by atoms with Crippen LogP contribution in [-0.2, 0) is 0 Å². The van der Waals surface area contributed by atoms with E-state index in [2.05, 4.69) is 68.0 Å². The Bertz CT molecular complexity index is 743. The molecule has 368 valence electrons. The van der Waals surface area contributed by atoms with Gasteiger partial charge in [0.25, 0.3) is 0 Å². The first-order valence-corrected chi connectivity index (χ1v) is 28.7. The maximum Gasteiger partial charge on any atom is 0.0794 e. The zero-order chi connectivity index (χ0) is 45.0. The van der Waals surface area contributed by atoms with Crippen molar-refractivity contribution in [2.24, 2.45) is 0 Å². The molecule has 0 aliphatic carbocycles. The van der Waals surface area contributed by atoms with Gasteiger partial charge in [-0.15, -0.1) is 0 Å². The van der Waals surface area contributed by atoms with Crippen LogP contribution in [0.2, 0.25) is 0 Å². The van der Waals surface area contributed by atoms with Crippen LogP contribution in [-0.4, -0.2) is 120 Å². The van der Waals surface area contributed by atoms with Gasteiger partial charge < -0.3 is 18.3 Å². The number of hydrogen-bond donors (Lipinski definition) is 0. The van der Waals surface area contributed by atoms with Gasteiger partial charge in [0, 0.05) is 38.9 Å². The number of unbranched alkanes of at least 4 members (excludes halogenated alkanes) is 33. The van der Waals surface area contributed by atoms with Crippen LogP contribution >= 0.6 is 0 Å². The summed E-state index contributed by atoms with van der Waals surface area (Å²) < 4.78 is 3.62. The first kappa shape index (κ1) is 60.8.